The molecular formula is C21H15NO5. The van der Waals surface area contributed by atoms with Crippen molar-refractivity contribution in [2.24, 2.45) is 0 Å². The van der Waals surface area contributed by atoms with Crippen molar-refractivity contribution in [2.75, 3.05) is 0 Å². The maximum absolute atomic E-state index is 12.6. The van der Waals surface area contributed by atoms with Crippen molar-refractivity contribution in [1.82, 2.24) is 0 Å². The summed E-state index contributed by atoms with van der Waals surface area (Å²) in [6.45, 7) is 3.90. The van der Waals surface area contributed by atoms with Gasteiger partial charge in [0.1, 0.15) is 17.3 Å². The van der Waals surface area contributed by atoms with Gasteiger partial charge in [-0.2, -0.15) is 0 Å². The molecule has 2 aromatic carbocycles. The summed E-state index contributed by atoms with van der Waals surface area (Å²) >= 11 is 0. The lowest BCUT2D eigenvalue weighted by Crippen LogP contribution is -1.98. The van der Waals surface area contributed by atoms with Crippen molar-refractivity contribution in [1.29, 1.82) is 0 Å². The van der Waals surface area contributed by atoms with E-state index in [-0.39, 0.29) is 17.2 Å². The lowest BCUT2D eigenvalue weighted by Gasteiger charge is -2.02. The van der Waals surface area contributed by atoms with E-state index in [2.05, 4.69) is 0 Å². The molecule has 0 fully saturated rings. The van der Waals surface area contributed by atoms with Gasteiger partial charge in [-0.1, -0.05) is 12.1 Å². The number of carbonyl (C=O) groups excluding carboxylic acids is 1. The van der Waals surface area contributed by atoms with Gasteiger partial charge in [-0.3, -0.25) is 14.9 Å². The molecule has 1 aliphatic heterocycles. The largest absolute Gasteiger partial charge is 0.456 e. The zero-order valence-corrected chi connectivity index (χ0v) is 14.7. The molecule has 0 atom stereocenters. The topological polar surface area (TPSA) is 82.6 Å². The molecule has 0 N–H and O–H groups in total. The fraction of sp³-hybridized carbons (Fsp3) is 0.0952. The quantitative estimate of drug-likeness (QED) is 0.369. The Morgan fingerprint density at radius 2 is 1.74 bits per heavy atom. The van der Waals surface area contributed by atoms with Crippen LogP contribution in [0, 0.1) is 24.0 Å². The summed E-state index contributed by atoms with van der Waals surface area (Å²) in [5.41, 5.74) is 2.91. The van der Waals surface area contributed by atoms with Crippen molar-refractivity contribution in [3.63, 3.8) is 0 Å². The van der Waals surface area contributed by atoms with Gasteiger partial charge in [-0.25, -0.2) is 0 Å². The number of ketones is 1. The number of allylic oxidation sites excluding steroid dienone is 1. The van der Waals surface area contributed by atoms with Crippen LogP contribution in [-0.2, 0) is 0 Å². The standard InChI is InChI=1S/C21H15NO5/c1-12-9-16-19(10-13(12)2)27-20(21(16)23)11-14-7-8-18(26-14)15-5-3-4-6-17(15)22(24)25/h3-11H,1-2H3/b20-11-. The molecule has 0 saturated heterocycles. The summed E-state index contributed by atoms with van der Waals surface area (Å²) in [5, 5.41) is 11.2. The number of nitro groups is 1. The summed E-state index contributed by atoms with van der Waals surface area (Å²) in [7, 11) is 0. The molecule has 0 amide bonds. The molecule has 0 radical (unpaired) electrons. The maximum atomic E-state index is 12.6. The van der Waals surface area contributed by atoms with Crippen molar-refractivity contribution in [2.45, 2.75) is 13.8 Å². The molecule has 3 aromatic rings. The first-order chi connectivity index (χ1) is 12.9. The normalized spacial score (nSPS) is 14.3. The zero-order chi connectivity index (χ0) is 19.1. The third-order valence-corrected chi connectivity index (χ3v) is 4.55. The molecule has 27 heavy (non-hydrogen) atoms. The average Bonchev–Trinajstić information content (AvgIpc) is 3.22. The second-order valence-corrected chi connectivity index (χ2v) is 6.35. The number of hydrogen-bond donors (Lipinski definition) is 0. The first kappa shape index (κ1) is 16.8. The minimum absolute atomic E-state index is 0.0439. The fourth-order valence-corrected chi connectivity index (χ4v) is 2.99. The molecule has 1 aromatic heterocycles. The Bertz CT molecular complexity index is 1120. The number of nitrogens with zero attached hydrogens (tertiary/aromatic N) is 1. The Kier molecular flexibility index (Phi) is 3.88. The van der Waals surface area contributed by atoms with Gasteiger partial charge in [0.05, 0.1) is 16.1 Å². The Morgan fingerprint density at radius 1 is 1.00 bits per heavy atom. The van der Waals surface area contributed by atoms with E-state index in [1.165, 1.54) is 12.1 Å². The van der Waals surface area contributed by atoms with Crippen molar-refractivity contribution < 1.29 is 18.9 Å². The van der Waals surface area contributed by atoms with Gasteiger partial charge in [-0.05, 0) is 55.3 Å². The van der Waals surface area contributed by atoms with Gasteiger partial charge in [-0.15, -0.1) is 0 Å². The molecule has 4 rings (SSSR count). The minimum atomic E-state index is -0.457. The molecule has 0 spiro atoms. The van der Waals surface area contributed by atoms with Crippen LogP contribution in [0.15, 0.2) is 58.7 Å². The predicted molar refractivity (Wildman–Crippen MR) is 99.6 cm³/mol. The van der Waals surface area contributed by atoms with Crippen LogP contribution in [0.25, 0.3) is 17.4 Å². The summed E-state index contributed by atoms with van der Waals surface area (Å²) in [6, 6.07) is 13.3. The average molecular weight is 361 g/mol. The fourth-order valence-electron chi connectivity index (χ4n) is 2.99. The summed E-state index contributed by atoms with van der Waals surface area (Å²) in [5.74, 6) is 1.21. The van der Waals surface area contributed by atoms with Crippen molar-refractivity contribution in [3.8, 4) is 17.1 Å². The Balaban J connectivity index is 1.68. The number of carbonyl (C=O) groups is 1. The molecule has 6 heteroatoms. The van der Waals surface area contributed by atoms with Crippen LogP contribution in [0.4, 0.5) is 5.69 Å². The second-order valence-electron chi connectivity index (χ2n) is 6.35. The predicted octanol–water partition coefficient (Wildman–Crippen LogP) is 5.09. The SMILES string of the molecule is Cc1cc2c(cc1C)C(=O)/C(=C/c1ccc(-c3ccccc3[N+](=O)[O-])o1)O2. The number of benzene rings is 2. The van der Waals surface area contributed by atoms with E-state index in [1.54, 1.807) is 30.3 Å². The first-order valence-corrected chi connectivity index (χ1v) is 8.33. The maximum Gasteiger partial charge on any atom is 0.280 e. The number of rotatable bonds is 3. The van der Waals surface area contributed by atoms with Gasteiger partial charge >= 0.3 is 0 Å². The van der Waals surface area contributed by atoms with E-state index in [1.807, 2.05) is 26.0 Å². The smallest absolute Gasteiger partial charge is 0.280 e. The summed E-state index contributed by atoms with van der Waals surface area (Å²) in [6.07, 6.45) is 1.51. The minimum Gasteiger partial charge on any atom is -0.456 e. The summed E-state index contributed by atoms with van der Waals surface area (Å²) < 4.78 is 11.4. The van der Waals surface area contributed by atoms with E-state index in [0.29, 0.717) is 28.4 Å². The number of aryl methyl sites for hydroxylation is 2. The lowest BCUT2D eigenvalue weighted by atomic mass is 10.0. The molecule has 1 aliphatic rings. The highest BCUT2D eigenvalue weighted by molar-refractivity contribution is 6.14. The highest BCUT2D eigenvalue weighted by atomic mass is 16.6. The van der Waals surface area contributed by atoms with Gasteiger partial charge in [0.15, 0.2) is 5.76 Å². The Hall–Kier alpha value is -3.67. The van der Waals surface area contributed by atoms with E-state index in [0.717, 1.165) is 11.1 Å². The third kappa shape index (κ3) is 2.91. The van der Waals surface area contributed by atoms with Crippen molar-refractivity contribution >= 4 is 17.5 Å². The number of nitro benzene ring substituents is 1. The molecule has 0 saturated carbocycles. The molecule has 2 heterocycles. The van der Waals surface area contributed by atoms with Crippen LogP contribution in [-0.4, -0.2) is 10.7 Å². The number of fused-ring (bicyclic) bond motifs is 1. The molecule has 0 aliphatic carbocycles. The lowest BCUT2D eigenvalue weighted by molar-refractivity contribution is -0.384. The second kappa shape index (κ2) is 6.25. The molecule has 0 bridgehead atoms. The van der Waals surface area contributed by atoms with Gasteiger partial charge < -0.3 is 9.15 Å². The third-order valence-electron chi connectivity index (χ3n) is 4.55. The van der Waals surface area contributed by atoms with Crippen molar-refractivity contribution in [3.05, 3.63) is 86.9 Å². The van der Waals surface area contributed by atoms with Crippen LogP contribution < -0.4 is 4.74 Å². The summed E-state index contributed by atoms with van der Waals surface area (Å²) in [4.78, 5) is 23.3. The molecule has 134 valence electrons. The highest BCUT2D eigenvalue weighted by Crippen LogP contribution is 2.35. The van der Waals surface area contributed by atoms with Crippen LogP contribution in [0.5, 0.6) is 5.75 Å². The number of Topliss-reactive ketones (excluding diaryl/α,β-unsaturated/α-hetero) is 1. The van der Waals surface area contributed by atoms with Gasteiger partial charge in [0.25, 0.3) is 5.69 Å². The van der Waals surface area contributed by atoms with Gasteiger partial charge in [0.2, 0.25) is 5.78 Å². The van der Waals surface area contributed by atoms with Crippen LogP contribution in [0.3, 0.4) is 0 Å². The van der Waals surface area contributed by atoms with Crippen LogP contribution >= 0.6 is 0 Å². The van der Waals surface area contributed by atoms with E-state index in [4.69, 9.17) is 9.15 Å². The van der Waals surface area contributed by atoms with Gasteiger partial charge in [0, 0.05) is 12.1 Å². The number of furan rings is 1. The monoisotopic (exact) mass is 361 g/mol. The van der Waals surface area contributed by atoms with Crippen LogP contribution in [0.2, 0.25) is 0 Å². The van der Waals surface area contributed by atoms with Crippen LogP contribution in [0.1, 0.15) is 27.2 Å². The number of ether oxygens (including phenoxy) is 1. The Morgan fingerprint density at radius 3 is 2.52 bits per heavy atom. The Labute approximate surface area is 154 Å². The first-order valence-electron chi connectivity index (χ1n) is 8.33. The van der Waals surface area contributed by atoms with E-state index >= 15 is 0 Å². The molecular weight excluding hydrogens is 346 g/mol. The molecule has 6 nitrogen and oxygen atoms in total. The number of hydrogen-bond acceptors (Lipinski definition) is 5. The highest BCUT2D eigenvalue weighted by Gasteiger charge is 2.28. The molecule has 0 unspecified atom stereocenters. The number of para-hydroxylation sites is 1. The van der Waals surface area contributed by atoms with E-state index in [9.17, 15) is 14.9 Å². The van der Waals surface area contributed by atoms with E-state index < -0.39 is 4.92 Å². The zero-order valence-electron chi connectivity index (χ0n) is 14.7.